The van der Waals surface area contributed by atoms with Crippen molar-refractivity contribution in [2.24, 2.45) is 7.05 Å². The lowest BCUT2D eigenvalue weighted by atomic mass is 10.1. The number of carbonyl (C=O) groups excluding carboxylic acids is 2. The Balaban J connectivity index is 1.55. The molecule has 31 heavy (non-hydrogen) atoms. The lowest BCUT2D eigenvalue weighted by Crippen LogP contribution is -2.17. The Kier molecular flexibility index (Phi) is 7.35. The van der Waals surface area contributed by atoms with E-state index in [-0.39, 0.29) is 24.0 Å². The molecule has 9 heteroatoms. The minimum atomic E-state index is -0.223. The third kappa shape index (κ3) is 6.32. The van der Waals surface area contributed by atoms with Crippen molar-refractivity contribution in [1.29, 1.82) is 0 Å². The van der Waals surface area contributed by atoms with Crippen molar-refractivity contribution in [2.45, 2.75) is 32.3 Å². The summed E-state index contributed by atoms with van der Waals surface area (Å²) in [5, 5.41) is 15.1. The number of thioether (sulfide) groups is 1. The number of nitrogens with zero attached hydrogens (tertiary/aromatic N) is 3. The van der Waals surface area contributed by atoms with Crippen molar-refractivity contribution in [3.05, 3.63) is 63.9 Å². The molecule has 0 radical (unpaired) electrons. The molecule has 2 aromatic carbocycles. The normalized spacial score (nSPS) is 10.7. The van der Waals surface area contributed by atoms with Crippen LogP contribution in [-0.4, -0.2) is 32.3 Å². The molecule has 0 aliphatic rings. The van der Waals surface area contributed by atoms with Gasteiger partial charge >= 0.3 is 0 Å². The Hall–Kier alpha value is -2.84. The van der Waals surface area contributed by atoms with Gasteiger partial charge < -0.3 is 15.2 Å². The third-order valence-corrected chi connectivity index (χ3v) is 5.96. The average Bonchev–Trinajstić information content (AvgIpc) is 3.02. The van der Waals surface area contributed by atoms with Crippen molar-refractivity contribution in [2.75, 3.05) is 16.4 Å². The Morgan fingerprint density at radius 2 is 1.65 bits per heavy atom. The van der Waals surface area contributed by atoms with Crippen LogP contribution in [0.25, 0.3) is 0 Å². The van der Waals surface area contributed by atoms with E-state index in [4.69, 9.17) is 11.6 Å². The third-order valence-electron chi connectivity index (χ3n) is 4.54. The number of aromatic nitrogens is 3. The summed E-state index contributed by atoms with van der Waals surface area (Å²) in [6.07, 6.45) is 0.0598. The summed E-state index contributed by atoms with van der Waals surface area (Å²) in [5.41, 5.74) is 4.52. The smallest absolute Gasteiger partial charge is 0.234 e. The number of carbonyl (C=O) groups is 2. The number of hydrogen-bond acceptors (Lipinski definition) is 5. The van der Waals surface area contributed by atoms with Crippen LogP contribution in [0.2, 0.25) is 5.02 Å². The number of benzene rings is 2. The largest absolute Gasteiger partial charge is 0.326 e. The van der Waals surface area contributed by atoms with Gasteiger partial charge in [-0.1, -0.05) is 35.5 Å². The van der Waals surface area contributed by atoms with Gasteiger partial charge in [0.25, 0.3) is 0 Å². The summed E-state index contributed by atoms with van der Waals surface area (Å²) in [7, 11) is 1.77. The molecule has 162 valence electrons. The van der Waals surface area contributed by atoms with Crippen LogP contribution in [0.15, 0.2) is 41.6 Å². The summed E-state index contributed by atoms with van der Waals surface area (Å²) in [6, 6.07) is 11.3. The van der Waals surface area contributed by atoms with Crippen molar-refractivity contribution in [3.8, 4) is 0 Å². The van der Waals surface area contributed by atoms with E-state index in [0.717, 1.165) is 22.4 Å². The Labute approximate surface area is 190 Å². The zero-order chi connectivity index (χ0) is 22.5. The first-order valence-electron chi connectivity index (χ1n) is 9.66. The second-order valence-electron chi connectivity index (χ2n) is 7.36. The Morgan fingerprint density at radius 3 is 2.32 bits per heavy atom. The molecule has 3 aromatic rings. The number of amides is 2. The highest BCUT2D eigenvalue weighted by molar-refractivity contribution is 7.99. The van der Waals surface area contributed by atoms with E-state index in [1.165, 1.54) is 11.8 Å². The number of anilines is 2. The van der Waals surface area contributed by atoms with E-state index in [9.17, 15) is 9.59 Å². The van der Waals surface area contributed by atoms with Crippen LogP contribution in [0.1, 0.15) is 22.5 Å². The van der Waals surface area contributed by atoms with Crippen molar-refractivity contribution in [1.82, 2.24) is 14.8 Å². The second-order valence-corrected chi connectivity index (χ2v) is 8.71. The first-order valence-corrected chi connectivity index (χ1v) is 11.0. The molecule has 0 unspecified atom stereocenters. The van der Waals surface area contributed by atoms with Gasteiger partial charge in [0.05, 0.1) is 12.2 Å². The van der Waals surface area contributed by atoms with Gasteiger partial charge in [-0.05, 0) is 61.7 Å². The number of nitrogens with one attached hydrogen (secondary N) is 2. The fourth-order valence-electron chi connectivity index (χ4n) is 3.02. The monoisotopic (exact) mass is 457 g/mol. The first-order chi connectivity index (χ1) is 14.7. The molecule has 0 spiro atoms. The highest BCUT2D eigenvalue weighted by Crippen LogP contribution is 2.21. The van der Waals surface area contributed by atoms with Crippen molar-refractivity contribution >= 4 is 46.6 Å². The number of hydrogen-bond donors (Lipinski definition) is 2. The molecule has 0 aliphatic heterocycles. The molecule has 3 rings (SSSR count). The minimum absolute atomic E-state index is 0.0598. The molecule has 1 aromatic heterocycles. The summed E-state index contributed by atoms with van der Waals surface area (Å²) in [6.45, 7) is 5.87. The number of rotatable bonds is 7. The topological polar surface area (TPSA) is 88.9 Å². The molecule has 2 amide bonds. The second kappa shape index (κ2) is 9.98. The van der Waals surface area contributed by atoms with E-state index < -0.39 is 0 Å². The van der Waals surface area contributed by atoms with E-state index in [0.29, 0.717) is 21.7 Å². The Morgan fingerprint density at radius 1 is 0.968 bits per heavy atom. The van der Waals surface area contributed by atoms with Gasteiger partial charge in [0.15, 0.2) is 5.16 Å². The van der Waals surface area contributed by atoms with Crippen LogP contribution in [0.5, 0.6) is 0 Å². The van der Waals surface area contributed by atoms with E-state index in [2.05, 4.69) is 26.9 Å². The standard InChI is InChI=1S/C22H24ClN5O2S/c1-13-7-14(2)9-17(8-13)25-21(30)12-31-22-27-26-19(28(22)4)11-20(29)24-16-6-5-15(3)18(23)10-16/h5-10H,11-12H2,1-4H3,(H,24,29)(H,25,30). The summed E-state index contributed by atoms with van der Waals surface area (Å²) in [4.78, 5) is 24.7. The van der Waals surface area contributed by atoms with Gasteiger partial charge in [-0.25, -0.2) is 0 Å². The molecular formula is C22H24ClN5O2S. The van der Waals surface area contributed by atoms with Crippen LogP contribution in [0.3, 0.4) is 0 Å². The zero-order valence-electron chi connectivity index (χ0n) is 17.8. The van der Waals surface area contributed by atoms with E-state index >= 15 is 0 Å². The average molecular weight is 458 g/mol. The van der Waals surface area contributed by atoms with Crippen LogP contribution in [0.4, 0.5) is 11.4 Å². The molecule has 2 N–H and O–H groups in total. The van der Waals surface area contributed by atoms with Crippen molar-refractivity contribution in [3.63, 3.8) is 0 Å². The van der Waals surface area contributed by atoms with E-state index in [1.807, 2.05) is 39.0 Å². The molecule has 0 atom stereocenters. The number of aryl methyl sites for hydroxylation is 3. The lowest BCUT2D eigenvalue weighted by molar-refractivity contribution is -0.116. The quantitative estimate of drug-likeness (QED) is 0.516. The zero-order valence-corrected chi connectivity index (χ0v) is 19.4. The maximum atomic E-state index is 12.4. The molecule has 1 heterocycles. The predicted octanol–water partition coefficient (Wildman–Crippen LogP) is 4.31. The SMILES string of the molecule is Cc1cc(C)cc(NC(=O)CSc2nnc(CC(=O)Nc3ccc(C)c(Cl)c3)n2C)c1. The molecule has 0 aliphatic carbocycles. The van der Waals surface area contributed by atoms with Gasteiger partial charge in [-0.3, -0.25) is 9.59 Å². The van der Waals surface area contributed by atoms with Gasteiger partial charge in [-0.15, -0.1) is 10.2 Å². The summed E-state index contributed by atoms with van der Waals surface area (Å²) >= 11 is 7.37. The maximum absolute atomic E-state index is 12.4. The van der Waals surface area contributed by atoms with Crippen molar-refractivity contribution < 1.29 is 9.59 Å². The van der Waals surface area contributed by atoms with Crippen LogP contribution < -0.4 is 10.6 Å². The molecule has 0 saturated heterocycles. The summed E-state index contributed by atoms with van der Waals surface area (Å²) < 4.78 is 1.72. The van der Waals surface area contributed by atoms with Crippen LogP contribution in [-0.2, 0) is 23.1 Å². The highest BCUT2D eigenvalue weighted by Gasteiger charge is 2.15. The summed E-state index contributed by atoms with van der Waals surface area (Å²) in [5.74, 6) is 0.341. The maximum Gasteiger partial charge on any atom is 0.234 e. The molecular weight excluding hydrogens is 434 g/mol. The van der Waals surface area contributed by atoms with Crippen LogP contribution in [0, 0.1) is 20.8 Å². The fourth-order valence-corrected chi connectivity index (χ4v) is 3.93. The van der Waals surface area contributed by atoms with Crippen LogP contribution >= 0.6 is 23.4 Å². The lowest BCUT2D eigenvalue weighted by Gasteiger charge is -2.08. The highest BCUT2D eigenvalue weighted by atomic mass is 35.5. The van der Waals surface area contributed by atoms with Gasteiger partial charge in [0.2, 0.25) is 11.8 Å². The molecule has 0 bridgehead atoms. The number of halogens is 1. The minimum Gasteiger partial charge on any atom is -0.326 e. The van der Waals surface area contributed by atoms with Gasteiger partial charge in [0, 0.05) is 23.4 Å². The first kappa shape index (κ1) is 22.8. The predicted molar refractivity (Wildman–Crippen MR) is 125 cm³/mol. The van der Waals surface area contributed by atoms with E-state index in [1.54, 1.807) is 23.7 Å². The molecule has 0 fully saturated rings. The Bertz CT molecular complexity index is 1110. The van der Waals surface area contributed by atoms with Gasteiger partial charge in [0.1, 0.15) is 5.82 Å². The molecule has 0 saturated carbocycles. The molecule has 7 nitrogen and oxygen atoms in total. The van der Waals surface area contributed by atoms with Gasteiger partial charge in [-0.2, -0.15) is 0 Å². The fraction of sp³-hybridized carbons (Fsp3) is 0.273.